The minimum absolute atomic E-state index is 0.163. The van der Waals surface area contributed by atoms with Crippen LogP contribution >= 0.6 is 22.6 Å². The van der Waals surface area contributed by atoms with Gasteiger partial charge in [-0.3, -0.25) is 4.79 Å². The van der Waals surface area contributed by atoms with Gasteiger partial charge in [-0.25, -0.2) is 0 Å². The lowest BCUT2D eigenvalue weighted by Gasteiger charge is -1.99. The predicted octanol–water partition coefficient (Wildman–Crippen LogP) is 0.700. The highest BCUT2D eigenvalue weighted by Crippen LogP contribution is 2.08. The summed E-state index contributed by atoms with van der Waals surface area (Å²) in [5.41, 5.74) is 0. The number of hydrogen-bond acceptors (Lipinski definition) is 2. The van der Waals surface area contributed by atoms with E-state index in [0.717, 1.165) is 19.4 Å². The van der Waals surface area contributed by atoms with Gasteiger partial charge in [0.15, 0.2) is 0 Å². The summed E-state index contributed by atoms with van der Waals surface area (Å²) in [5.74, 6) is 0. The molecule has 1 N–H and O–H groups in total. The molecular weight excluding hydrogens is 217 g/mol. The Hall–Kier alpha value is 0.360. The predicted molar refractivity (Wildman–Crippen MR) is 40.1 cm³/mol. The molecule has 0 spiro atoms. The first-order valence-electron chi connectivity index (χ1n) is 2.73. The highest BCUT2D eigenvalue weighted by molar-refractivity contribution is 14.1. The van der Waals surface area contributed by atoms with Gasteiger partial charge in [-0.15, -0.1) is 0 Å². The van der Waals surface area contributed by atoms with E-state index in [2.05, 4.69) is 5.32 Å². The number of carbonyl (C=O) groups excluding carboxylic acids is 1. The van der Waals surface area contributed by atoms with Crippen LogP contribution in [0.4, 0.5) is 0 Å². The quantitative estimate of drug-likeness (QED) is 0.525. The molecule has 1 saturated heterocycles. The van der Waals surface area contributed by atoms with Gasteiger partial charge in [0.2, 0.25) is 3.79 Å². The Morgan fingerprint density at radius 1 is 1.75 bits per heavy atom. The second kappa shape index (κ2) is 2.77. The van der Waals surface area contributed by atoms with E-state index in [0.29, 0.717) is 0 Å². The lowest BCUT2D eigenvalue weighted by atomic mass is 10.2. The van der Waals surface area contributed by atoms with Crippen molar-refractivity contribution in [3.05, 3.63) is 0 Å². The summed E-state index contributed by atoms with van der Waals surface area (Å²) in [6.07, 6.45) is 2.18. The summed E-state index contributed by atoms with van der Waals surface area (Å²) in [7, 11) is 0. The average molecular weight is 225 g/mol. The highest BCUT2D eigenvalue weighted by atomic mass is 127. The molecule has 1 unspecified atom stereocenters. The van der Waals surface area contributed by atoms with Crippen molar-refractivity contribution in [2.75, 3.05) is 6.54 Å². The standard InChI is InChI=1S/C5H8INO/c6-5(8)4-2-1-3-7-4/h4,7H,1-3H2. The second-order valence-electron chi connectivity index (χ2n) is 1.95. The molecule has 1 rings (SSSR count). The summed E-state index contributed by atoms with van der Waals surface area (Å²) >= 11 is 1.84. The Bertz CT molecular complexity index is 98.6. The topological polar surface area (TPSA) is 29.1 Å². The van der Waals surface area contributed by atoms with Gasteiger partial charge in [0.25, 0.3) is 0 Å². The van der Waals surface area contributed by atoms with E-state index in [4.69, 9.17) is 0 Å². The zero-order valence-corrected chi connectivity index (χ0v) is 6.64. The van der Waals surface area contributed by atoms with Crippen molar-refractivity contribution in [1.29, 1.82) is 0 Å². The molecule has 1 atom stereocenters. The molecule has 2 nitrogen and oxygen atoms in total. The normalized spacial score (nSPS) is 28.4. The molecular formula is C5H8INO. The molecule has 1 fully saturated rings. The number of rotatable bonds is 1. The van der Waals surface area contributed by atoms with E-state index < -0.39 is 0 Å². The summed E-state index contributed by atoms with van der Waals surface area (Å²) in [4.78, 5) is 10.6. The number of carbonyl (C=O) groups is 1. The molecule has 0 aromatic carbocycles. The first kappa shape index (κ1) is 6.48. The van der Waals surface area contributed by atoms with E-state index >= 15 is 0 Å². The molecule has 0 saturated carbocycles. The maximum Gasteiger partial charge on any atom is 0.209 e. The Balaban J connectivity index is 2.35. The van der Waals surface area contributed by atoms with Crippen LogP contribution in [0.25, 0.3) is 0 Å². The maximum atomic E-state index is 10.6. The Morgan fingerprint density at radius 2 is 2.50 bits per heavy atom. The molecule has 1 aliphatic heterocycles. The average Bonchev–Trinajstić information content (AvgIpc) is 2.12. The molecule has 3 heteroatoms. The van der Waals surface area contributed by atoms with Crippen LogP contribution in [0.3, 0.4) is 0 Å². The van der Waals surface area contributed by atoms with Gasteiger partial charge in [-0.1, -0.05) is 0 Å². The fourth-order valence-electron chi connectivity index (χ4n) is 0.878. The van der Waals surface area contributed by atoms with Gasteiger partial charge in [0.05, 0.1) is 6.04 Å². The third kappa shape index (κ3) is 1.42. The third-order valence-electron chi connectivity index (χ3n) is 1.33. The maximum absolute atomic E-state index is 10.6. The number of halogens is 1. The molecule has 8 heavy (non-hydrogen) atoms. The Morgan fingerprint density at radius 3 is 2.75 bits per heavy atom. The van der Waals surface area contributed by atoms with Gasteiger partial charge in [0, 0.05) is 22.6 Å². The van der Waals surface area contributed by atoms with E-state index in [1.165, 1.54) is 0 Å². The van der Waals surface area contributed by atoms with Gasteiger partial charge in [-0.2, -0.15) is 0 Å². The van der Waals surface area contributed by atoms with Crippen molar-refractivity contribution in [3.8, 4) is 0 Å². The molecule has 0 radical (unpaired) electrons. The second-order valence-corrected chi connectivity index (χ2v) is 3.02. The van der Waals surface area contributed by atoms with Crippen molar-refractivity contribution in [2.45, 2.75) is 18.9 Å². The zero-order valence-electron chi connectivity index (χ0n) is 4.48. The van der Waals surface area contributed by atoms with Gasteiger partial charge < -0.3 is 5.32 Å². The summed E-state index contributed by atoms with van der Waals surface area (Å²) in [6.45, 7) is 1.01. The fourth-order valence-corrected chi connectivity index (χ4v) is 1.41. The Kier molecular flexibility index (Phi) is 2.25. The van der Waals surface area contributed by atoms with E-state index in [1.807, 2.05) is 22.6 Å². The summed E-state index contributed by atoms with van der Waals surface area (Å²) < 4.78 is 0.250. The van der Waals surface area contributed by atoms with E-state index in [-0.39, 0.29) is 9.83 Å². The largest absolute Gasteiger partial charge is 0.307 e. The van der Waals surface area contributed by atoms with Gasteiger partial charge >= 0.3 is 0 Å². The van der Waals surface area contributed by atoms with Crippen LogP contribution < -0.4 is 5.32 Å². The Labute approximate surface area is 62.2 Å². The van der Waals surface area contributed by atoms with Crippen LogP contribution in [0.5, 0.6) is 0 Å². The zero-order chi connectivity index (χ0) is 5.98. The van der Waals surface area contributed by atoms with E-state index in [1.54, 1.807) is 0 Å². The molecule has 0 aromatic rings. The van der Waals surface area contributed by atoms with Crippen LogP contribution in [0.1, 0.15) is 12.8 Å². The summed E-state index contributed by atoms with van der Waals surface area (Å²) in [6, 6.07) is 0.163. The van der Waals surface area contributed by atoms with Crippen molar-refractivity contribution < 1.29 is 4.79 Å². The van der Waals surface area contributed by atoms with Crippen molar-refractivity contribution in [1.82, 2.24) is 5.32 Å². The van der Waals surface area contributed by atoms with Crippen LogP contribution in [0.15, 0.2) is 0 Å². The van der Waals surface area contributed by atoms with Crippen LogP contribution in [-0.2, 0) is 4.79 Å². The van der Waals surface area contributed by atoms with Crippen LogP contribution in [-0.4, -0.2) is 16.4 Å². The van der Waals surface area contributed by atoms with Gasteiger partial charge in [0.1, 0.15) is 0 Å². The first-order chi connectivity index (χ1) is 3.80. The van der Waals surface area contributed by atoms with E-state index in [9.17, 15) is 4.79 Å². The molecule has 0 bridgehead atoms. The molecule has 1 heterocycles. The van der Waals surface area contributed by atoms with Crippen LogP contribution in [0.2, 0.25) is 0 Å². The van der Waals surface area contributed by atoms with Crippen molar-refractivity contribution >= 4 is 26.4 Å². The third-order valence-corrected chi connectivity index (χ3v) is 2.09. The molecule has 0 aliphatic carbocycles. The van der Waals surface area contributed by atoms with Crippen molar-refractivity contribution in [3.63, 3.8) is 0 Å². The minimum Gasteiger partial charge on any atom is -0.307 e. The molecule has 1 aliphatic rings. The van der Waals surface area contributed by atoms with Crippen LogP contribution in [0, 0.1) is 0 Å². The summed E-state index contributed by atoms with van der Waals surface area (Å²) in [5, 5.41) is 3.10. The fraction of sp³-hybridized carbons (Fsp3) is 0.800. The number of hydrogen-bond donors (Lipinski definition) is 1. The first-order valence-corrected chi connectivity index (χ1v) is 3.81. The minimum atomic E-state index is 0.163. The van der Waals surface area contributed by atoms with Crippen molar-refractivity contribution in [2.24, 2.45) is 0 Å². The number of nitrogens with one attached hydrogen (secondary N) is 1. The molecule has 0 amide bonds. The lowest BCUT2D eigenvalue weighted by Crippen LogP contribution is -2.26. The molecule has 46 valence electrons. The molecule has 0 aromatic heterocycles. The lowest BCUT2D eigenvalue weighted by molar-refractivity contribution is -0.110. The monoisotopic (exact) mass is 225 g/mol. The highest BCUT2D eigenvalue weighted by Gasteiger charge is 2.18. The smallest absolute Gasteiger partial charge is 0.209 e. The van der Waals surface area contributed by atoms with Gasteiger partial charge in [-0.05, 0) is 19.4 Å². The SMILES string of the molecule is O=C(I)C1CCCN1.